The Labute approximate surface area is 247 Å². The third kappa shape index (κ3) is 8.52. The van der Waals surface area contributed by atoms with E-state index in [0.717, 1.165) is 27.3 Å². The number of carbonyl (C=O) groups is 2. The third-order valence-electron chi connectivity index (χ3n) is 6.80. The van der Waals surface area contributed by atoms with Crippen LogP contribution in [-0.2, 0) is 39.2 Å². The number of methoxy groups -OCH3 is 1. The minimum atomic E-state index is -3.76. The van der Waals surface area contributed by atoms with Crippen LogP contribution in [0.3, 0.4) is 0 Å². The van der Waals surface area contributed by atoms with E-state index in [9.17, 15) is 18.0 Å². The van der Waals surface area contributed by atoms with Crippen LogP contribution in [0.1, 0.15) is 28.3 Å². The molecule has 0 fully saturated rings. The third-order valence-corrected chi connectivity index (χ3v) is 8.00. The second-order valence-electron chi connectivity index (χ2n) is 9.90. The van der Waals surface area contributed by atoms with Gasteiger partial charge >= 0.3 is 0 Å². The minimum Gasteiger partial charge on any atom is -0.497 e. The largest absolute Gasteiger partial charge is 0.497 e. The van der Waals surface area contributed by atoms with Crippen LogP contribution in [0.15, 0.2) is 115 Å². The van der Waals surface area contributed by atoms with E-state index >= 15 is 0 Å². The van der Waals surface area contributed by atoms with Gasteiger partial charge in [0, 0.05) is 19.6 Å². The molecule has 0 radical (unpaired) electrons. The number of hydrogen-bond acceptors (Lipinski definition) is 5. The molecule has 0 aliphatic rings. The molecule has 0 heterocycles. The highest BCUT2D eigenvalue weighted by Gasteiger charge is 2.33. The van der Waals surface area contributed by atoms with Gasteiger partial charge in [0.05, 0.1) is 19.9 Å². The highest BCUT2D eigenvalue weighted by molar-refractivity contribution is 7.88. The Balaban J connectivity index is 1.70. The minimum absolute atomic E-state index is 0.0258. The standard InChI is InChI=1S/C33H35N3O5S/c1-41-30-20-18-28(19-21-30)24-36(31(37)25-35(42(2,39)40)23-27-14-8-4-9-15-27)32(29-16-10-5-11-17-29)33(38)34-22-26-12-6-3-7-13-26/h3-21,32H,22-25H2,1-2H3,(H,34,38)/t32-/m1/s1. The summed E-state index contributed by atoms with van der Waals surface area (Å²) < 4.78 is 32.0. The maximum absolute atomic E-state index is 14.1. The average molecular weight is 586 g/mol. The molecular weight excluding hydrogens is 550 g/mol. The number of ether oxygens (including phenoxy) is 1. The van der Waals surface area contributed by atoms with E-state index < -0.39 is 28.5 Å². The van der Waals surface area contributed by atoms with Crippen LogP contribution in [0.25, 0.3) is 0 Å². The summed E-state index contributed by atoms with van der Waals surface area (Å²) in [4.78, 5) is 29.4. The lowest BCUT2D eigenvalue weighted by atomic mass is 10.0. The van der Waals surface area contributed by atoms with E-state index in [-0.39, 0.29) is 25.5 Å². The number of nitrogens with one attached hydrogen (secondary N) is 1. The van der Waals surface area contributed by atoms with Crippen LogP contribution in [0.4, 0.5) is 0 Å². The first kappa shape index (κ1) is 30.5. The first-order chi connectivity index (χ1) is 20.2. The molecule has 9 heteroatoms. The molecule has 0 aliphatic carbocycles. The van der Waals surface area contributed by atoms with Gasteiger partial charge in [-0.3, -0.25) is 9.59 Å². The summed E-state index contributed by atoms with van der Waals surface area (Å²) >= 11 is 0. The van der Waals surface area contributed by atoms with Gasteiger partial charge in [-0.05, 0) is 34.4 Å². The zero-order valence-corrected chi connectivity index (χ0v) is 24.5. The summed E-state index contributed by atoms with van der Waals surface area (Å²) in [5, 5.41) is 2.98. The Morgan fingerprint density at radius 3 is 1.81 bits per heavy atom. The Morgan fingerprint density at radius 1 is 0.738 bits per heavy atom. The summed E-state index contributed by atoms with van der Waals surface area (Å²) in [6, 6.07) is 33.8. The smallest absolute Gasteiger partial charge is 0.247 e. The molecule has 0 bridgehead atoms. The first-order valence-electron chi connectivity index (χ1n) is 13.5. The van der Waals surface area contributed by atoms with Crippen molar-refractivity contribution in [2.24, 2.45) is 0 Å². The molecule has 0 aromatic heterocycles. The fraction of sp³-hybridized carbons (Fsp3) is 0.212. The summed E-state index contributed by atoms with van der Waals surface area (Å²) in [5.74, 6) is -0.222. The maximum Gasteiger partial charge on any atom is 0.247 e. The van der Waals surface area contributed by atoms with E-state index in [2.05, 4.69) is 5.32 Å². The van der Waals surface area contributed by atoms with E-state index in [1.54, 1.807) is 43.5 Å². The van der Waals surface area contributed by atoms with Gasteiger partial charge in [-0.2, -0.15) is 4.31 Å². The van der Waals surface area contributed by atoms with E-state index in [4.69, 9.17) is 4.74 Å². The zero-order chi connectivity index (χ0) is 30.0. The Morgan fingerprint density at radius 2 is 1.26 bits per heavy atom. The molecular formula is C33H35N3O5S. The molecule has 218 valence electrons. The van der Waals surface area contributed by atoms with E-state index in [1.165, 1.54) is 4.90 Å². The van der Waals surface area contributed by atoms with Crippen LogP contribution in [-0.4, -0.2) is 49.3 Å². The Bertz CT molecular complexity index is 1550. The lowest BCUT2D eigenvalue weighted by Crippen LogP contribution is -2.47. The van der Waals surface area contributed by atoms with Gasteiger partial charge in [0.2, 0.25) is 21.8 Å². The Hall–Kier alpha value is -4.47. The summed E-state index contributed by atoms with van der Waals surface area (Å²) in [5.41, 5.74) is 3.03. The van der Waals surface area contributed by atoms with Crippen molar-refractivity contribution in [3.63, 3.8) is 0 Å². The predicted molar refractivity (Wildman–Crippen MR) is 163 cm³/mol. The molecule has 4 aromatic carbocycles. The summed E-state index contributed by atoms with van der Waals surface area (Å²) in [7, 11) is -2.19. The molecule has 1 atom stereocenters. The maximum atomic E-state index is 14.1. The molecule has 0 saturated carbocycles. The van der Waals surface area contributed by atoms with Gasteiger partial charge < -0.3 is 15.0 Å². The van der Waals surface area contributed by atoms with Gasteiger partial charge in [0.15, 0.2) is 0 Å². The molecule has 8 nitrogen and oxygen atoms in total. The number of nitrogens with zero attached hydrogens (tertiary/aromatic N) is 2. The van der Waals surface area contributed by atoms with E-state index in [0.29, 0.717) is 11.3 Å². The highest BCUT2D eigenvalue weighted by atomic mass is 32.2. The lowest BCUT2D eigenvalue weighted by molar-refractivity contribution is -0.141. The Kier molecular flexibility index (Phi) is 10.5. The van der Waals surface area contributed by atoms with Gasteiger partial charge in [0.25, 0.3) is 0 Å². The quantitative estimate of drug-likeness (QED) is 0.249. The van der Waals surface area contributed by atoms with Crippen molar-refractivity contribution in [2.45, 2.75) is 25.7 Å². The molecule has 4 rings (SSSR count). The molecule has 1 N–H and O–H groups in total. The molecule has 4 aromatic rings. The number of amides is 2. The number of carbonyl (C=O) groups excluding carboxylic acids is 2. The number of sulfonamides is 1. The van der Waals surface area contributed by atoms with E-state index in [1.807, 2.05) is 78.9 Å². The topological polar surface area (TPSA) is 96.0 Å². The van der Waals surface area contributed by atoms with Crippen LogP contribution < -0.4 is 10.1 Å². The summed E-state index contributed by atoms with van der Waals surface area (Å²) in [6.07, 6.45) is 1.08. The number of benzene rings is 4. The van der Waals surface area contributed by atoms with Crippen LogP contribution >= 0.6 is 0 Å². The molecule has 0 saturated heterocycles. The number of rotatable bonds is 13. The molecule has 42 heavy (non-hydrogen) atoms. The van der Waals surface area contributed by atoms with Crippen molar-refractivity contribution in [1.29, 1.82) is 0 Å². The average Bonchev–Trinajstić information content (AvgIpc) is 3.01. The van der Waals surface area contributed by atoms with Crippen molar-refractivity contribution >= 4 is 21.8 Å². The first-order valence-corrected chi connectivity index (χ1v) is 15.4. The summed E-state index contributed by atoms with van der Waals surface area (Å²) in [6.45, 7) is -0.0572. The fourth-order valence-electron chi connectivity index (χ4n) is 4.56. The van der Waals surface area contributed by atoms with Crippen LogP contribution in [0.2, 0.25) is 0 Å². The van der Waals surface area contributed by atoms with Crippen molar-refractivity contribution in [1.82, 2.24) is 14.5 Å². The van der Waals surface area contributed by atoms with Crippen molar-refractivity contribution in [2.75, 3.05) is 19.9 Å². The highest BCUT2D eigenvalue weighted by Crippen LogP contribution is 2.26. The molecule has 0 spiro atoms. The second-order valence-corrected chi connectivity index (χ2v) is 11.9. The predicted octanol–water partition coefficient (Wildman–Crippen LogP) is 4.54. The van der Waals surface area contributed by atoms with Crippen LogP contribution in [0.5, 0.6) is 5.75 Å². The van der Waals surface area contributed by atoms with Gasteiger partial charge in [0.1, 0.15) is 11.8 Å². The normalized spacial score (nSPS) is 12.0. The monoisotopic (exact) mass is 585 g/mol. The van der Waals surface area contributed by atoms with Gasteiger partial charge in [-0.25, -0.2) is 8.42 Å². The van der Waals surface area contributed by atoms with Crippen molar-refractivity contribution < 1.29 is 22.7 Å². The second kappa shape index (κ2) is 14.4. The SMILES string of the molecule is COc1ccc(CN(C(=O)CN(Cc2ccccc2)S(C)(=O)=O)[C@@H](C(=O)NCc2ccccc2)c2ccccc2)cc1. The van der Waals surface area contributed by atoms with Gasteiger partial charge in [-0.1, -0.05) is 103 Å². The fourth-order valence-corrected chi connectivity index (χ4v) is 5.29. The van der Waals surface area contributed by atoms with Gasteiger partial charge in [-0.15, -0.1) is 0 Å². The van der Waals surface area contributed by atoms with Crippen molar-refractivity contribution in [3.8, 4) is 5.75 Å². The zero-order valence-electron chi connectivity index (χ0n) is 23.7. The molecule has 2 amide bonds. The lowest BCUT2D eigenvalue weighted by Gasteiger charge is -2.33. The molecule has 0 aliphatic heterocycles. The molecule has 0 unspecified atom stereocenters. The van der Waals surface area contributed by atoms with Crippen LogP contribution in [0, 0.1) is 0 Å². The number of hydrogen-bond donors (Lipinski definition) is 1. The van der Waals surface area contributed by atoms with Crippen molar-refractivity contribution in [3.05, 3.63) is 138 Å².